The van der Waals surface area contributed by atoms with Crippen LogP contribution in [0.2, 0.25) is 0 Å². The van der Waals surface area contributed by atoms with Gasteiger partial charge in [0.15, 0.2) is 0 Å². The average molecular weight is 669 g/mol. The molecule has 0 bridgehead atoms. The van der Waals surface area contributed by atoms with Crippen molar-refractivity contribution in [3.8, 4) is 35.6 Å². The summed E-state index contributed by atoms with van der Waals surface area (Å²) in [6.07, 6.45) is 21.4. The van der Waals surface area contributed by atoms with Crippen LogP contribution < -0.4 is 10.4 Å². The number of nitrogens with zero attached hydrogens (tertiary/aromatic N) is 2. The largest absolute Gasteiger partial charge is 0.309 e. The molecule has 2 nitrogen and oxygen atoms in total. The lowest BCUT2D eigenvalue weighted by Gasteiger charge is -2.28. The number of benzene rings is 5. The van der Waals surface area contributed by atoms with Crippen molar-refractivity contribution in [3.05, 3.63) is 166 Å². The predicted octanol–water partition coefficient (Wildman–Crippen LogP) is 10.3. The molecule has 3 aliphatic rings. The molecule has 0 spiro atoms. The van der Waals surface area contributed by atoms with Crippen molar-refractivity contribution in [1.29, 1.82) is 0 Å². The van der Waals surface area contributed by atoms with E-state index < -0.39 is 0 Å². The molecule has 0 radical (unpaired) electrons. The normalized spacial score (nSPS) is 17.8. The molecule has 0 saturated heterocycles. The van der Waals surface area contributed by atoms with Gasteiger partial charge in [-0.1, -0.05) is 142 Å². The molecule has 1 aromatic heterocycles. The monoisotopic (exact) mass is 668 g/mol. The van der Waals surface area contributed by atoms with E-state index in [2.05, 4.69) is 164 Å². The molecule has 9 rings (SSSR count). The summed E-state index contributed by atoms with van der Waals surface area (Å²) in [6, 6.07) is 37.7. The Balaban J connectivity index is 1.39. The van der Waals surface area contributed by atoms with Crippen molar-refractivity contribution in [2.45, 2.75) is 51.5 Å². The number of rotatable bonds is 7. The van der Waals surface area contributed by atoms with Crippen molar-refractivity contribution in [2.24, 2.45) is 5.92 Å². The van der Waals surface area contributed by atoms with Crippen molar-refractivity contribution in [1.82, 2.24) is 9.55 Å². The molecule has 3 atom stereocenters. The first-order valence-corrected chi connectivity index (χ1v) is 18.6. The van der Waals surface area contributed by atoms with Crippen LogP contribution in [0.25, 0.3) is 50.4 Å². The molecule has 0 N–H and O–H groups in total. The number of terminal acetylenes is 1. The standard InChI is InChI=1S/C50H40N2/c1-4-6-19-40(5-2)52-47-23-13-12-22-46(47)51-50(52)39-27-29-44-45(32-39)49(38-26-28-41-33(3)15-14-18-36(41)31-38)43-21-9-7-8-20-42(43)48(44)37-25-24-34-16-10-11-17-35(34)30-37/h2,7-8,10-14,16-18,20,22-33,40,43H,4,6,15,19H2,1,3H3/t33?,40?,43-/m1/s1. The molecule has 0 aliphatic heterocycles. The van der Waals surface area contributed by atoms with Gasteiger partial charge in [-0.3, -0.25) is 0 Å². The molecule has 250 valence electrons. The number of allylic oxidation sites excluding steroid dienone is 5. The van der Waals surface area contributed by atoms with E-state index in [1.807, 2.05) is 6.08 Å². The average Bonchev–Trinajstić information content (AvgIpc) is 3.40. The number of aromatic nitrogens is 2. The van der Waals surface area contributed by atoms with Gasteiger partial charge in [0.05, 0.1) is 23.0 Å². The van der Waals surface area contributed by atoms with Crippen LogP contribution in [-0.4, -0.2) is 9.55 Å². The maximum absolute atomic E-state index is 6.29. The zero-order valence-corrected chi connectivity index (χ0v) is 29.7. The second-order valence-corrected chi connectivity index (χ2v) is 14.3. The van der Waals surface area contributed by atoms with E-state index in [4.69, 9.17) is 11.4 Å². The lowest BCUT2D eigenvalue weighted by atomic mass is 9.74. The van der Waals surface area contributed by atoms with E-state index in [0.29, 0.717) is 5.92 Å². The third-order valence-corrected chi connectivity index (χ3v) is 11.1. The number of unbranched alkanes of at least 4 members (excludes halogenated alkanes) is 1. The molecular weight excluding hydrogens is 629 g/mol. The van der Waals surface area contributed by atoms with Gasteiger partial charge in [-0.2, -0.15) is 0 Å². The molecule has 52 heavy (non-hydrogen) atoms. The highest BCUT2D eigenvalue weighted by atomic mass is 15.1. The summed E-state index contributed by atoms with van der Waals surface area (Å²) in [6.45, 7) is 4.54. The van der Waals surface area contributed by atoms with Crippen LogP contribution in [0.15, 0.2) is 133 Å². The van der Waals surface area contributed by atoms with Crippen molar-refractivity contribution in [2.75, 3.05) is 0 Å². The molecule has 0 fully saturated rings. The minimum Gasteiger partial charge on any atom is -0.309 e. The third-order valence-electron chi connectivity index (χ3n) is 11.1. The summed E-state index contributed by atoms with van der Waals surface area (Å²) < 4.78 is 2.30. The number of fused-ring (bicyclic) bond motifs is 5. The van der Waals surface area contributed by atoms with Crippen LogP contribution in [0.3, 0.4) is 0 Å². The zero-order valence-electron chi connectivity index (χ0n) is 29.7. The van der Waals surface area contributed by atoms with E-state index in [1.54, 1.807) is 0 Å². The van der Waals surface area contributed by atoms with Gasteiger partial charge in [0.25, 0.3) is 0 Å². The van der Waals surface area contributed by atoms with Crippen molar-refractivity contribution < 1.29 is 0 Å². The predicted molar refractivity (Wildman–Crippen MR) is 218 cm³/mol. The number of para-hydroxylation sites is 2. The summed E-state index contributed by atoms with van der Waals surface area (Å²) in [5.41, 5.74) is 11.9. The fraction of sp³-hybridized carbons (Fsp3) is 0.180. The SMILES string of the molecule is C#CC(CCCC)n1c(-c2ccc3c(c2)=C(c2ccc4c(c2)C=CCC4C)[C@@H]2C#CC=CC=C2C=3c2ccc3ccccc3c2)nc2ccccc21. The van der Waals surface area contributed by atoms with E-state index >= 15 is 0 Å². The highest BCUT2D eigenvalue weighted by Gasteiger charge is 2.30. The van der Waals surface area contributed by atoms with Gasteiger partial charge in [0.2, 0.25) is 0 Å². The van der Waals surface area contributed by atoms with Gasteiger partial charge in [0.1, 0.15) is 5.82 Å². The Morgan fingerprint density at radius 3 is 2.60 bits per heavy atom. The van der Waals surface area contributed by atoms with Crippen molar-refractivity contribution >= 4 is 39.0 Å². The van der Waals surface area contributed by atoms with E-state index in [-0.39, 0.29) is 12.0 Å². The Labute approximate surface area is 306 Å². The van der Waals surface area contributed by atoms with Crippen LogP contribution >= 0.6 is 0 Å². The zero-order chi connectivity index (χ0) is 35.2. The Morgan fingerprint density at radius 2 is 1.71 bits per heavy atom. The number of hydrogen-bond acceptors (Lipinski definition) is 1. The van der Waals surface area contributed by atoms with Gasteiger partial charge < -0.3 is 4.57 Å². The number of hydrogen-bond donors (Lipinski definition) is 0. The van der Waals surface area contributed by atoms with E-state index in [9.17, 15) is 0 Å². The summed E-state index contributed by atoms with van der Waals surface area (Å²) in [7, 11) is 0. The topological polar surface area (TPSA) is 17.8 Å². The second kappa shape index (κ2) is 13.2. The van der Waals surface area contributed by atoms with Gasteiger partial charge >= 0.3 is 0 Å². The lowest BCUT2D eigenvalue weighted by Crippen LogP contribution is -2.37. The second-order valence-electron chi connectivity index (χ2n) is 14.3. The van der Waals surface area contributed by atoms with E-state index in [1.165, 1.54) is 60.2 Å². The smallest absolute Gasteiger partial charge is 0.142 e. The van der Waals surface area contributed by atoms with Crippen LogP contribution in [-0.2, 0) is 0 Å². The molecule has 5 aromatic carbocycles. The molecule has 2 unspecified atom stereocenters. The summed E-state index contributed by atoms with van der Waals surface area (Å²) in [4.78, 5) is 5.27. The van der Waals surface area contributed by atoms with Crippen molar-refractivity contribution in [3.63, 3.8) is 0 Å². The van der Waals surface area contributed by atoms with Crippen LogP contribution in [0.5, 0.6) is 0 Å². The quantitative estimate of drug-likeness (QED) is 0.155. The first-order valence-electron chi connectivity index (χ1n) is 18.6. The Kier molecular flexibility index (Phi) is 8.10. The highest BCUT2D eigenvalue weighted by Crippen LogP contribution is 2.40. The van der Waals surface area contributed by atoms with Gasteiger partial charge in [-0.25, -0.2) is 4.98 Å². The first kappa shape index (κ1) is 31.9. The first-order chi connectivity index (χ1) is 25.6. The van der Waals surface area contributed by atoms with Gasteiger partial charge in [-0.05, 0) is 115 Å². The molecule has 1 heterocycles. The molecule has 3 aliphatic carbocycles. The maximum Gasteiger partial charge on any atom is 0.142 e. The van der Waals surface area contributed by atoms with Gasteiger partial charge in [-0.15, -0.1) is 6.42 Å². The minimum absolute atomic E-state index is 0.0932. The van der Waals surface area contributed by atoms with Gasteiger partial charge in [0, 0.05) is 5.56 Å². The molecular formula is C50H40N2. The summed E-state index contributed by atoms with van der Waals surface area (Å²) in [5, 5.41) is 4.86. The summed E-state index contributed by atoms with van der Waals surface area (Å²) in [5.74, 6) is 11.5. The molecule has 0 amide bonds. The Morgan fingerprint density at radius 1 is 0.885 bits per heavy atom. The highest BCUT2D eigenvalue weighted by molar-refractivity contribution is 5.94. The maximum atomic E-state index is 6.29. The molecule has 6 aromatic rings. The number of imidazole rings is 1. The fourth-order valence-corrected chi connectivity index (χ4v) is 8.49. The third kappa shape index (κ3) is 5.35. The Bertz CT molecular complexity index is 2750. The van der Waals surface area contributed by atoms with E-state index in [0.717, 1.165) is 48.1 Å². The van der Waals surface area contributed by atoms with Crippen LogP contribution in [0, 0.1) is 30.1 Å². The molecule has 0 saturated carbocycles. The fourth-order valence-electron chi connectivity index (χ4n) is 8.49. The Hall–Kier alpha value is -6.09. The van der Waals surface area contributed by atoms with Crippen LogP contribution in [0.4, 0.5) is 0 Å². The van der Waals surface area contributed by atoms with Crippen LogP contribution in [0.1, 0.15) is 73.7 Å². The minimum atomic E-state index is -0.121. The lowest BCUT2D eigenvalue weighted by molar-refractivity contribution is 0.560. The molecule has 2 heteroatoms. The summed E-state index contributed by atoms with van der Waals surface area (Å²) >= 11 is 0.